The summed E-state index contributed by atoms with van der Waals surface area (Å²) in [7, 11) is 0. The summed E-state index contributed by atoms with van der Waals surface area (Å²) in [4.78, 5) is 2.55. The average molecular weight is 190 g/mol. The molecule has 0 N–H and O–H groups in total. The summed E-state index contributed by atoms with van der Waals surface area (Å²) in [5, 5.41) is 0. The van der Waals surface area contributed by atoms with Crippen LogP contribution in [0.25, 0.3) is 0 Å². The van der Waals surface area contributed by atoms with Gasteiger partial charge in [0.1, 0.15) is 0 Å². The predicted octanol–water partition coefficient (Wildman–Crippen LogP) is 2.74. The highest BCUT2D eigenvalue weighted by Crippen LogP contribution is 2.21. The van der Waals surface area contributed by atoms with E-state index in [0.717, 1.165) is 12.4 Å². The molecule has 72 valence electrons. The Morgan fingerprint density at radius 2 is 1.75 bits per heavy atom. The van der Waals surface area contributed by atoms with Gasteiger partial charge < -0.3 is 4.90 Å². The quantitative estimate of drug-likeness (QED) is 0.618. The molecule has 1 aliphatic rings. The minimum atomic E-state index is 0.291. The van der Waals surface area contributed by atoms with E-state index >= 15 is 0 Å². The van der Waals surface area contributed by atoms with Crippen LogP contribution in [0, 0.1) is 5.41 Å². The Morgan fingerprint density at radius 1 is 1.17 bits per heavy atom. The molecule has 0 spiro atoms. The molecule has 0 aromatic carbocycles. The van der Waals surface area contributed by atoms with Crippen molar-refractivity contribution in [2.75, 3.05) is 25.5 Å². The summed E-state index contributed by atoms with van der Waals surface area (Å²) in [6.45, 7) is 8.21. The molecule has 0 amide bonds. The van der Waals surface area contributed by atoms with Crippen molar-refractivity contribution in [2.24, 2.45) is 5.41 Å². The molecule has 1 fully saturated rings. The molecule has 0 aromatic rings. The zero-order valence-corrected chi connectivity index (χ0v) is 9.03. The molecule has 0 aliphatic carbocycles. The molecule has 0 radical (unpaired) electrons. The lowest BCUT2D eigenvalue weighted by Gasteiger charge is -2.33. The standard InChI is InChI=1S/C10H20ClN/c1-10(2,8-11)9-12-6-4-3-5-7-12/h3-9H2,1-2H3. The van der Waals surface area contributed by atoms with Crippen molar-refractivity contribution in [3.05, 3.63) is 0 Å². The third kappa shape index (κ3) is 3.32. The van der Waals surface area contributed by atoms with Crippen molar-refractivity contribution >= 4 is 11.6 Å². The fourth-order valence-electron chi connectivity index (χ4n) is 1.77. The van der Waals surface area contributed by atoms with Gasteiger partial charge in [-0.15, -0.1) is 11.6 Å². The highest BCUT2D eigenvalue weighted by atomic mass is 35.5. The first-order chi connectivity index (χ1) is 5.64. The number of alkyl halides is 1. The number of halogens is 1. The fourth-order valence-corrected chi connectivity index (χ4v) is 1.85. The van der Waals surface area contributed by atoms with E-state index in [9.17, 15) is 0 Å². The lowest BCUT2D eigenvalue weighted by atomic mass is 9.94. The number of nitrogens with zero attached hydrogens (tertiary/aromatic N) is 1. The van der Waals surface area contributed by atoms with Gasteiger partial charge >= 0.3 is 0 Å². The maximum absolute atomic E-state index is 5.89. The second-order valence-corrected chi connectivity index (χ2v) is 4.90. The Hall–Kier alpha value is 0.250. The Kier molecular flexibility index (Phi) is 3.85. The molecule has 0 unspecified atom stereocenters. The summed E-state index contributed by atoms with van der Waals surface area (Å²) in [5.41, 5.74) is 0.291. The van der Waals surface area contributed by atoms with Crippen molar-refractivity contribution in [1.82, 2.24) is 4.90 Å². The van der Waals surface area contributed by atoms with Gasteiger partial charge in [-0.05, 0) is 31.3 Å². The first kappa shape index (κ1) is 10.3. The third-order valence-corrected chi connectivity index (χ3v) is 3.19. The molecular formula is C10H20ClN. The van der Waals surface area contributed by atoms with Crippen molar-refractivity contribution < 1.29 is 0 Å². The van der Waals surface area contributed by atoms with Crippen molar-refractivity contribution in [2.45, 2.75) is 33.1 Å². The smallest absolute Gasteiger partial charge is 0.0286 e. The average Bonchev–Trinajstić information content (AvgIpc) is 2.06. The van der Waals surface area contributed by atoms with Gasteiger partial charge in [0.15, 0.2) is 0 Å². The monoisotopic (exact) mass is 189 g/mol. The van der Waals surface area contributed by atoms with Crippen LogP contribution in [0.3, 0.4) is 0 Å². The SMILES string of the molecule is CC(C)(CCl)CN1CCCCC1. The largest absolute Gasteiger partial charge is 0.303 e. The lowest BCUT2D eigenvalue weighted by Crippen LogP contribution is -2.38. The molecule has 2 heteroatoms. The van der Waals surface area contributed by atoms with E-state index in [1.165, 1.54) is 32.4 Å². The highest BCUT2D eigenvalue weighted by molar-refractivity contribution is 6.18. The fraction of sp³-hybridized carbons (Fsp3) is 1.00. The van der Waals surface area contributed by atoms with Crippen molar-refractivity contribution in [1.29, 1.82) is 0 Å². The van der Waals surface area contributed by atoms with Crippen molar-refractivity contribution in [3.8, 4) is 0 Å². The van der Waals surface area contributed by atoms with E-state index in [-0.39, 0.29) is 0 Å². The van der Waals surface area contributed by atoms with E-state index in [2.05, 4.69) is 18.7 Å². The predicted molar refractivity (Wildman–Crippen MR) is 54.8 cm³/mol. The molecular weight excluding hydrogens is 170 g/mol. The number of hydrogen-bond acceptors (Lipinski definition) is 1. The molecule has 1 aliphatic heterocycles. The van der Waals surface area contributed by atoms with Gasteiger partial charge in [-0.25, -0.2) is 0 Å². The Morgan fingerprint density at radius 3 is 2.25 bits per heavy atom. The molecule has 1 heterocycles. The summed E-state index contributed by atoms with van der Waals surface area (Å²) in [6.07, 6.45) is 4.16. The first-order valence-electron chi connectivity index (χ1n) is 4.92. The summed E-state index contributed by atoms with van der Waals surface area (Å²) in [5.74, 6) is 0.767. The van der Waals surface area contributed by atoms with E-state index in [1.54, 1.807) is 0 Å². The Labute approximate surface area is 81.1 Å². The van der Waals surface area contributed by atoms with Gasteiger partial charge in [0.05, 0.1) is 0 Å². The zero-order valence-electron chi connectivity index (χ0n) is 8.27. The normalized spacial score (nSPS) is 21.2. The van der Waals surface area contributed by atoms with Crippen LogP contribution in [-0.4, -0.2) is 30.4 Å². The van der Waals surface area contributed by atoms with E-state index in [4.69, 9.17) is 11.6 Å². The van der Waals surface area contributed by atoms with Crippen LogP contribution in [0.4, 0.5) is 0 Å². The van der Waals surface area contributed by atoms with Gasteiger partial charge in [-0.3, -0.25) is 0 Å². The first-order valence-corrected chi connectivity index (χ1v) is 5.46. The second-order valence-electron chi connectivity index (χ2n) is 4.63. The summed E-state index contributed by atoms with van der Waals surface area (Å²) < 4.78 is 0. The molecule has 0 bridgehead atoms. The van der Waals surface area contributed by atoms with Crippen LogP contribution in [-0.2, 0) is 0 Å². The maximum Gasteiger partial charge on any atom is 0.0286 e. The maximum atomic E-state index is 5.89. The minimum Gasteiger partial charge on any atom is -0.303 e. The van der Waals surface area contributed by atoms with Gasteiger partial charge in [0.2, 0.25) is 0 Å². The Balaban J connectivity index is 2.28. The summed E-state index contributed by atoms with van der Waals surface area (Å²) >= 11 is 5.89. The van der Waals surface area contributed by atoms with E-state index in [1.807, 2.05) is 0 Å². The number of rotatable bonds is 3. The van der Waals surface area contributed by atoms with E-state index < -0.39 is 0 Å². The molecule has 1 saturated heterocycles. The Bertz CT molecular complexity index is 128. The van der Waals surface area contributed by atoms with Crippen molar-refractivity contribution in [3.63, 3.8) is 0 Å². The van der Waals surface area contributed by atoms with Crippen LogP contribution in [0.2, 0.25) is 0 Å². The van der Waals surface area contributed by atoms with Gasteiger partial charge in [0, 0.05) is 12.4 Å². The number of likely N-dealkylation sites (tertiary alicyclic amines) is 1. The van der Waals surface area contributed by atoms with Crippen LogP contribution in [0.15, 0.2) is 0 Å². The molecule has 1 nitrogen and oxygen atoms in total. The number of piperidine rings is 1. The summed E-state index contributed by atoms with van der Waals surface area (Å²) in [6, 6.07) is 0. The van der Waals surface area contributed by atoms with Gasteiger partial charge in [0.25, 0.3) is 0 Å². The second kappa shape index (κ2) is 4.48. The third-order valence-electron chi connectivity index (χ3n) is 2.46. The van der Waals surface area contributed by atoms with Crippen LogP contribution >= 0.6 is 11.6 Å². The van der Waals surface area contributed by atoms with Crippen LogP contribution in [0.5, 0.6) is 0 Å². The van der Waals surface area contributed by atoms with Crippen LogP contribution < -0.4 is 0 Å². The van der Waals surface area contributed by atoms with Gasteiger partial charge in [-0.1, -0.05) is 20.3 Å². The molecule has 1 rings (SSSR count). The topological polar surface area (TPSA) is 3.24 Å². The molecule has 0 atom stereocenters. The van der Waals surface area contributed by atoms with Gasteiger partial charge in [-0.2, -0.15) is 0 Å². The highest BCUT2D eigenvalue weighted by Gasteiger charge is 2.21. The van der Waals surface area contributed by atoms with E-state index in [0.29, 0.717) is 5.41 Å². The molecule has 0 aromatic heterocycles. The molecule has 0 saturated carbocycles. The molecule has 12 heavy (non-hydrogen) atoms. The van der Waals surface area contributed by atoms with Crippen LogP contribution in [0.1, 0.15) is 33.1 Å². The lowest BCUT2D eigenvalue weighted by molar-refractivity contribution is 0.166. The minimum absolute atomic E-state index is 0.291. The zero-order chi connectivity index (χ0) is 9.03. The number of hydrogen-bond donors (Lipinski definition) is 0.